The first-order chi connectivity index (χ1) is 5.27. The van der Waals surface area contributed by atoms with E-state index in [1.54, 1.807) is 4.52 Å². The quantitative estimate of drug-likeness (QED) is 0.463. The van der Waals surface area contributed by atoms with E-state index < -0.39 is 0 Å². The average molecular weight is 166 g/mol. The zero-order valence-corrected chi connectivity index (χ0v) is 6.79. The molecule has 0 unspecified atom stereocenters. The van der Waals surface area contributed by atoms with Crippen LogP contribution in [0.25, 0.3) is 5.78 Å². The fourth-order valence-electron chi connectivity index (χ4n) is 0.911. The highest BCUT2D eigenvalue weighted by Crippen LogP contribution is 2.07. The highest BCUT2D eigenvalue weighted by atomic mass is 32.1. The van der Waals surface area contributed by atoms with Gasteiger partial charge in [0.1, 0.15) is 11.4 Å². The van der Waals surface area contributed by atoms with Crippen molar-refractivity contribution in [2.24, 2.45) is 0 Å². The van der Waals surface area contributed by atoms with Gasteiger partial charge in [-0.25, -0.2) is 4.98 Å². The zero-order valence-electron chi connectivity index (χ0n) is 5.89. The molecule has 0 aliphatic heterocycles. The third-order valence-electron chi connectivity index (χ3n) is 1.36. The molecule has 5 heteroatoms. The fraction of sp³-hybridized carbons (Fsp3) is 0.167. The first-order valence-corrected chi connectivity index (χ1v) is 3.58. The van der Waals surface area contributed by atoms with Crippen LogP contribution in [0, 0.1) is 6.92 Å². The fourth-order valence-corrected chi connectivity index (χ4v) is 1.24. The number of fused-ring (bicyclic) bond motifs is 1. The van der Waals surface area contributed by atoms with Gasteiger partial charge in [0.15, 0.2) is 0 Å². The molecule has 0 N–H and O–H groups in total. The summed E-state index contributed by atoms with van der Waals surface area (Å²) in [6.07, 6.45) is 1.46. The number of aryl methyl sites for hydroxylation is 1. The summed E-state index contributed by atoms with van der Waals surface area (Å²) in [5.74, 6) is 0.593. The highest BCUT2D eigenvalue weighted by molar-refractivity contribution is 7.80. The number of thiol groups is 1. The van der Waals surface area contributed by atoms with Gasteiger partial charge in [0, 0.05) is 5.69 Å². The Labute approximate surface area is 68.7 Å². The topological polar surface area (TPSA) is 43.1 Å². The monoisotopic (exact) mass is 166 g/mol. The smallest absolute Gasteiger partial charge is 0.216 e. The molecule has 4 nitrogen and oxygen atoms in total. The lowest BCUT2D eigenvalue weighted by molar-refractivity contribution is 0.837. The summed E-state index contributed by atoms with van der Waals surface area (Å²) in [7, 11) is 0. The van der Waals surface area contributed by atoms with Crippen LogP contribution in [-0.4, -0.2) is 19.6 Å². The van der Waals surface area contributed by atoms with Gasteiger partial charge in [0.25, 0.3) is 5.78 Å². The van der Waals surface area contributed by atoms with Crippen LogP contribution in [0.2, 0.25) is 0 Å². The SMILES string of the molecule is Cc1cc(S)n2ncnc2n1. The normalized spacial score (nSPS) is 10.7. The Bertz CT molecular complexity index is 394. The Balaban J connectivity index is 2.91. The Kier molecular flexibility index (Phi) is 1.32. The first kappa shape index (κ1) is 6.60. The van der Waals surface area contributed by atoms with Gasteiger partial charge in [-0.1, -0.05) is 0 Å². The Hall–Kier alpha value is -1.10. The maximum atomic E-state index is 4.21. The van der Waals surface area contributed by atoms with Crippen molar-refractivity contribution in [3.8, 4) is 0 Å². The minimum atomic E-state index is 0.593. The second-order valence-electron chi connectivity index (χ2n) is 2.23. The van der Waals surface area contributed by atoms with E-state index in [0.717, 1.165) is 10.7 Å². The van der Waals surface area contributed by atoms with E-state index in [1.807, 2.05) is 13.0 Å². The van der Waals surface area contributed by atoms with Crippen molar-refractivity contribution in [3.63, 3.8) is 0 Å². The Morgan fingerprint density at radius 3 is 3.18 bits per heavy atom. The molecular weight excluding hydrogens is 160 g/mol. The molecule has 0 fully saturated rings. The van der Waals surface area contributed by atoms with Crippen LogP contribution in [0.15, 0.2) is 17.4 Å². The predicted molar refractivity (Wildman–Crippen MR) is 42.8 cm³/mol. The molecule has 0 aliphatic rings. The minimum Gasteiger partial charge on any atom is -0.216 e. The van der Waals surface area contributed by atoms with Crippen molar-refractivity contribution < 1.29 is 0 Å². The molecule has 2 aromatic rings. The molecule has 0 aliphatic carbocycles. The molecule has 2 aromatic heterocycles. The molecule has 0 saturated heterocycles. The minimum absolute atomic E-state index is 0.593. The van der Waals surface area contributed by atoms with Gasteiger partial charge in [-0.2, -0.15) is 14.6 Å². The number of aromatic nitrogens is 4. The van der Waals surface area contributed by atoms with Crippen molar-refractivity contribution in [3.05, 3.63) is 18.1 Å². The van der Waals surface area contributed by atoms with Gasteiger partial charge in [0.2, 0.25) is 0 Å². The summed E-state index contributed by atoms with van der Waals surface area (Å²) < 4.78 is 1.58. The molecule has 0 saturated carbocycles. The van der Waals surface area contributed by atoms with Gasteiger partial charge in [0.05, 0.1) is 0 Å². The standard InChI is InChI=1S/C6H6N4S/c1-4-2-5(11)10-6(9-4)7-3-8-10/h2-3,11H,1H3. The predicted octanol–water partition coefficient (Wildman–Crippen LogP) is 0.721. The molecule has 0 atom stereocenters. The van der Waals surface area contributed by atoms with E-state index in [2.05, 4.69) is 27.7 Å². The van der Waals surface area contributed by atoms with Crippen LogP contribution >= 0.6 is 12.6 Å². The lowest BCUT2D eigenvalue weighted by Gasteiger charge is -1.96. The van der Waals surface area contributed by atoms with E-state index in [9.17, 15) is 0 Å². The second-order valence-corrected chi connectivity index (χ2v) is 2.69. The summed E-state index contributed by atoms with van der Waals surface area (Å²) in [6.45, 7) is 1.90. The number of hydrogen-bond acceptors (Lipinski definition) is 4. The molecule has 0 aromatic carbocycles. The summed E-state index contributed by atoms with van der Waals surface area (Å²) in [6, 6.07) is 1.84. The lowest BCUT2D eigenvalue weighted by Crippen LogP contribution is -1.94. The van der Waals surface area contributed by atoms with E-state index >= 15 is 0 Å². The van der Waals surface area contributed by atoms with Crippen molar-refractivity contribution in [2.75, 3.05) is 0 Å². The van der Waals surface area contributed by atoms with Crippen LogP contribution in [0.4, 0.5) is 0 Å². The molecule has 0 radical (unpaired) electrons. The Morgan fingerprint density at radius 2 is 2.36 bits per heavy atom. The highest BCUT2D eigenvalue weighted by Gasteiger charge is 2.00. The van der Waals surface area contributed by atoms with Crippen LogP contribution in [0.5, 0.6) is 0 Å². The lowest BCUT2D eigenvalue weighted by atomic mass is 10.5. The van der Waals surface area contributed by atoms with Crippen molar-refractivity contribution in [1.82, 2.24) is 19.6 Å². The molecular formula is C6H6N4S. The van der Waals surface area contributed by atoms with Crippen LogP contribution in [-0.2, 0) is 0 Å². The average Bonchev–Trinajstić information content (AvgIpc) is 2.34. The number of rotatable bonds is 0. The molecule has 0 spiro atoms. The van der Waals surface area contributed by atoms with Gasteiger partial charge in [-0.15, -0.1) is 12.6 Å². The van der Waals surface area contributed by atoms with Crippen molar-refractivity contribution >= 4 is 18.4 Å². The summed E-state index contributed by atoms with van der Waals surface area (Å²) in [5.41, 5.74) is 0.899. The van der Waals surface area contributed by atoms with Crippen LogP contribution in [0.3, 0.4) is 0 Å². The van der Waals surface area contributed by atoms with Crippen LogP contribution in [0.1, 0.15) is 5.69 Å². The second kappa shape index (κ2) is 2.20. The van der Waals surface area contributed by atoms with E-state index in [1.165, 1.54) is 6.33 Å². The third-order valence-corrected chi connectivity index (χ3v) is 1.68. The maximum absolute atomic E-state index is 4.21. The number of hydrogen-bond donors (Lipinski definition) is 1. The summed E-state index contributed by atoms with van der Waals surface area (Å²) in [4.78, 5) is 8.07. The van der Waals surface area contributed by atoms with Crippen LogP contribution < -0.4 is 0 Å². The summed E-state index contributed by atoms with van der Waals surface area (Å²) >= 11 is 4.21. The van der Waals surface area contributed by atoms with Gasteiger partial charge >= 0.3 is 0 Å². The third kappa shape index (κ3) is 0.970. The molecule has 2 heterocycles. The molecule has 2 rings (SSSR count). The maximum Gasteiger partial charge on any atom is 0.253 e. The van der Waals surface area contributed by atoms with Gasteiger partial charge in [-0.05, 0) is 13.0 Å². The number of nitrogens with zero attached hydrogens (tertiary/aromatic N) is 4. The Morgan fingerprint density at radius 1 is 1.55 bits per heavy atom. The van der Waals surface area contributed by atoms with Gasteiger partial charge < -0.3 is 0 Å². The molecule has 56 valence electrons. The van der Waals surface area contributed by atoms with Crippen molar-refractivity contribution in [1.29, 1.82) is 0 Å². The van der Waals surface area contributed by atoms with Crippen molar-refractivity contribution in [2.45, 2.75) is 11.9 Å². The van der Waals surface area contributed by atoms with E-state index in [0.29, 0.717) is 5.78 Å². The largest absolute Gasteiger partial charge is 0.253 e. The zero-order chi connectivity index (χ0) is 7.84. The van der Waals surface area contributed by atoms with E-state index in [4.69, 9.17) is 0 Å². The first-order valence-electron chi connectivity index (χ1n) is 3.14. The van der Waals surface area contributed by atoms with E-state index in [-0.39, 0.29) is 0 Å². The van der Waals surface area contributed by atoms with Gasteiger partial charge in [-0.3, -0.25) is 0 Å². The molecule has 11 heavy (non-hydrogen) atoms. The summed E-state index contributed by atoms with van der Waals surface area (Å²) in [5, 5.41) is 4.68. The molecule has 0 amide bonds. The molecule has 0 bridgehead atoms.